The fourth-order valence-corrected chi connectivity index (χ4v) is 8.23. The lowest BCUT2D eigenvalue weighted by Gasteiger charge is -2.60. The Morgan fingerprint density at radius 1 is 1.15 bits per heavy atom. The summed E-state index contributed by atoms with van der Waals surface area (Å²) in [6.07, 6.45) is 14.4. The van der Waals surface area contributed by atoms with Gasteiger partial charge in [-0.15, -0.1) is 0 Å². The minimum Gasteiger partial charge on any atom is -0.463 e. The lowest BCUT2D eigenvalue weighted by Crippen LogP contribution is -2.53. The van der Waals surface area contributed by atoms with E-state index >= 15 is 0 Å². The summed E-state index contributed by atoms with van der Waals surface area (Å²) in [6, 6.07) is 0. The molecule has 4 saturated carbocycles. The quantitative estimate of drug-likeness (QED) is 0.297. The van der Waals surface area contributed by atoms with E-state index in [4.69, 9.17) is 4.74 Å². The molecular weight excluding hydrogens is 388 g/mol. The van der Waals surface area contributed by atoms with E-state index in [9.17, 15) is 4.79 Å². The molecule has 7 unspecified atom stereocenters. The van der Waals surface area contributed by atoms with Crippen LogP contribution in [0.2, 0.25) is 0 Å². The van der Waals surface area contributed by atoms with E-state index in [0.717, 1.165) is 41.8 Å². The molecule has 3 heteroatoms. The fraction of sp³-hybridized carbons (Fsp3) is 0.870. The maximum atomic E-state index is 11.4. The Bertz CT molecular complexity index is 599. The summed E-state index contributed by atoms with van der Waals surface area (Å²) >= 11 is 3.63. The number of hydrogen-bond donors (Lipinski definition) is 0. The molecule has 0 radical (unpaired) electrons. The Morgan fingerprint density at radius 2 is 1.96 bits per heavy atom. The zero-order valence-electron chi connectivity index (χ0n) is 16.7. The van der Waals surface area contributed by atoms with E-state index in [1.807, 2.05) is 0 Å². The Morgan fingerprint density at radius 3 is 2.69 bits per heavy atom. The predicted octanol–water partition coefficient (Wildman–Crippen LogP) is 6.28. The van der Waals surface area contributed by atoms with Gasteiger partial charge < -0.3 is 4.74 Å². The highest BCUT2D eigenvalue weighted by atomic mass is 79.9. The summed E-state index contributed by atoms with van der Waals surface area (Å²) in [4.78, 5) is 11.4. The van der Waals surface area contributed by atoms with Gasteiger partial charge in [0.2, 0.25) is 0 Å². The molecule has 0 aliphatic heterocycles. The van der Waals surface area contributed by atoms with Crippen molar-refractivity contribution >= 4 is 21.9 Å². The van der Waals surface area contributed by atoms with Gasteiger partial charge >= 0.3 is 5.97 Å². The third-order valence-electron chi connectivity index (χ3n) is 9.12. The van der Waals surface area contributed by atoms with Crippen molar-refractivity contribution in [2.75, 3.05) is 5.33 Å². The summed E-state index contributed by atoms with van der Waals surface area (Å²) in [5, 5.41) is 1.01. The van der Waals surface area contributed by atoms with Crippen LogP contribution in [0, 0.1) is 34.5 Å². The first kappa shape index (κ1) is 19.0. The second kappa shape index (κ2) is 6.94. The van der Waals surface area contributed by atoms with Crippen molar-refractivity contribution in [1.29, 1.82) is 0 Å². The SMILES string of the molecule is CC(=O)OC1CCC2(C)C(CCC3C4CCC(=CCBr)C4(C)CCC32)C1. The average molecular weight is 423 g/mol. The van der Waals surface area contributed by atoms with Gasteiger partial charge in [0, 0.05) is 12.3 Å². The first-order valence-electron chi connectivity index (χ1n) is 10.8. The van der Waals surface area contributed by atoms with Gasteiger partial charge in [0.15, 0.2) is 0 Å². The van der Waals surface area contributed by atoms with Gasteiger partial charge in [-0.1, -0.05) is 41.4 Å². The van der Waals surface area contributed by atoms with E-state index in [2.05, 4.69) is 35.9 Å². The molecule has 0 spiro atoms. The van der Waals surface area contributed by atoms with Crippen molar-refractivity contribution < 1.29 is 9.53 Å². The minimum absolute atomic E-state index is 0.0993. The van der Waals surface area contributed by atoms with Crippen LogP contribution < -0.4 is 0 Å². The van der Waals surface area contributed by atoms with Crippen LogP contribution in [-0.2, 0) is 9.53 Å². The number of alkyl halides is 1. The van der Waals surface area contributed by atoms with Crippen LogP contribution in [0.25, 0.3) is 0 Å². The number of carbonyl (C=O) groups is 1. The molecule has 0 aromatic heterocycles. The monoisotopic (exact) mass is 422 g/mol. The number of hydrogen-bond acceptors (Lipinski definition) is 2. The molecule has 26 heavy (non-hydrogen) atoms. The maximum Gasteiger partial charge on any atom is 0.302 e. The van der Waals surface area contributed by atoms with Gasteiger partial charge in [-0.25, -0.2) is 0 Å². The standard InChI is InChI=1S/C23H35BrO2/c1-15(25)26-18-8-11-23(3)17(14-18)4-6-19-20-7-5-16(10-13-24)22(20,2)12-9-21(19)23/h10,17-21H,4-9,11-14H2,1-3H3. The van der Waals surface area contributed by atoms with E-state index in [1.54, 1.807) is 12.5 Å². The Kier molecular flexibility index (Phi) is 5.08. The number of carbonyl (C=O) groups excluding carboxylic acids is 1. The second-order valence-electron chi connectivity index (χ2n) is 10.0. The molecule has 7 atom stereocenters. The van der Waals surface area contributed by atoms with Gasteiger partial charge in [-0.2, -0.15) is 0 Å². The van der Waals surface area contributed by atoms with Gasteiger partial charge in [0.1, 0.15) is 6.10 Å². The van der Waals surface area contributed by atoms with Crippen LogP contribution in [0.5, 0.6) is 0 Å². The summed E-state index contributed by atoms with van der Waals surface area (Å²) in [5.74, 6) is 3.36. The molecule has 0 bridgehead atoms. The van der Waals surface area contributed by atoms with Gasteiger partial charge in [-0.05, 0) is 92.3 Å². The van der Waals surface area contributed by atoms with Gasteiger partial charge in [0.25, 0.3) is 0 Å². The van der Waals surface area contributed by atoms with Crippen molar-refractivity contribution in [1.82, 2.24) is 0 Å². The summed E-state index contributed by atoms with van der Waals surface area (Å²) in [5.41, 5.74) is 2.68. The zero-order valence-corrected chi connectivity index (χ0v) is 18.3. The lowest BCUT2D eigenvalue weighted by atomic mass is 9.45. The number of halogens is 1. The third kappa shape index (κ3) is 2.91. The number of rotatable bonds is 2. The molecule has 0 aromatic rings. The van der Waals surface area contributed by atoms with E-state index in [1.165, 1.54) is 44.9 Å². The largest absolute Gasteiger partial charge is 0.463 e. The highest BCUT2D eigenvalue weighted by Gasteiger charge is 2.59. The van der Waals surface area contributed by atoms with Crippen molar-refractivity contribution in [2.45, 2.75) is 84.7 Å². The first-order chi connectivity index (χ1) is 12.4. The van der Waals surface area contributed by atoms with E-state index < -0.39 is 0 Å². The molecule has 4 rings (SSSR count). The van der Waals surface area contributed by atoms with Gasteiger partial charge in [0.05, 0.1) is 0 Å². The zero-order chi connectivity index (χ0) is 18.5. The number of fused-ring (bicyclic) bond motifs is 5. The highest BCUT2D eigenvalue weighted by molar-refractivity contribution is 9.09. The third-order valence-corrected chi connectivity index (χ3v) is 9.45. The summed E-state index contributed by atoms with van der Waals surface area (Å²) in [6.45, 7) is 6.72. The molecular formula is C23H35BrO2. The molecule has 0 aromatic carbocycles. The summed E-state index contributed by atoms with van der Waals surface area (Å²) in [7, 11) is 0. The normalized spacial score (nSPS) is 49.2. The van der Waals surface area contributed by atoms with Crippen LogP contribution in [-0.4, -0.2) is 17.4 Å². The number of allylic oxidation sites excluding steroid dienone is 2. The van der Waals surface area contributed by atoms with Gasteiger partial charge in [-0.3, -0.25) is 4.79 Å². The first-order valence-corrected chi connectivity index (χ1v) is 11.9. The molecule has 2 nitrogen and oxygen atoms in total. The smallest absolute Gasteiger partial charge is 0.302 e. The van der Waals surface area contributed by atoms with E-state index in [-0.39, 0.29) is 12.1 Å². The molecule has 4 fully saturated rings. The highest BCUT2D eigenvalue weighted by Crippen LogP contribution is 2.67. The molecule has 0 saturated heterocycles. The molecule has 146 valence electrons. The number of esters is 1. The van der Waals surface area contributed by atoms with Crippen LogP contribution >= 0.6 is 15.9 Å². The second-order valence-corrected chi connectivity index (χ2v) is 10.7. The molecule has 0 heterocycles. The Balaban J connectivity index is 1.54. The summed E-state index contributed by atoms with van der Waals surface area (Å²) < 4.78 is 5.60. The molecule has 4 aliphatic rings. The maximum absolute atomic E-state index is 11.4. The van der Waals surface area contributed by atoms with Crippen LogP contribution in [0.3, 0.4) is 0 Å². The Labute approximate surface area is 167 Å². The fourth-order valence-electron chi connectivity index (χ4n) is 7.84. The Hall–Kier alpha value is -0.310. The van der Waals surface area contributed by atoms with Crippen LogP contribution in [0.1, 0.15) is 78.6 Å². The number of ether oxygens (including phenoxy) is 1. The van der Waals surface area contributed by atoms with Crippen LogP contribution in [0.4, 0.5) is 0 Å². The molecule has 4 aliphatic carbocycles. The molecule has 0 amide bonds. The van der Waals surface area contributed by atoms with Crippen molar-refractivity contribution in [3.8, 4) is 0 Å². The van der Waals surface area contributed by atoms with Crippen molar-refractivity contribution in [2.24, 2.45) is 34.5 Å². The topological polar surface area (TPSA) is 26.3 Å². The van der Waals surface area contributed by atoms with Crippen molar-refractivity contribution in [3.63, 3.8) is 0 Å². The predicted molar refractivity (Wildman–Crippen MR) is 109 cm³/mol. The van der Waals surface area contributed by atoms with Crippen molar-refractivity contribution in [3.05, 3.63) is 11.6 Å². The minimum atomic E-state index is -0.0993. The lowest BCUT2D eigenvalue weighted by molar-refractivity contribution is -0.158. The average Bonchev–Trinajstić information content (AvgIpc) is 2.92. The van der Waals surface area contributed by atoms with Crippen LogP contribution in [0.15, 0.2) is 11.6 Å². The molecule has 0 N–H and O–H groups in total. The van der Waals surface area contributed by atoms with E-state index in [0.29, 0.717) is 10.8 Å².